The molecule has 1 aromatic carbocycles. The molecule has 1 N–H and O–H groups in total. The Hall–Kier alpha value is -2.89. The highest BCUT2D eigenvalue weighted by atomic mass is 32.1. The lowest BCUT2D eigenvalue weighted by molar-refractivity contribution is -0.380. The summed E-state index contributed by atoms with van der Waals surface area (Å²) in [7, 11) is 0. The van der Waals surface area contributed by atoms with E-state index in [1.807, 2.05) is 6.92 Å². The quantitative estimate of drug-likeness (QED) is 0.492. The van der Waals surface area contributed by atoms with E-state index in [0.29, 0.717) is 12.1 Å². The van der Waals surface area contributed by atoms with Gasteiger partial charge < -0.3 is 10.1 Å². The van der Waals surface area contributed by atoms with Crippen molar-refractivity contribution in [2.24, 2.45) is 0 Å². The van der Waals surface area contributed by atoms with Crippen LogP contribution >= 0.6 is 11.3 Å². The molecule has 12 heteroatoms. The number of rotatable bonds is 5. The number of thiazole rings is 1. The van der Waals surface area contributed by atoms with Crippen LogP contribution in [0.1, 0.15) is 43.9 Å². The number of halogens is 3. The first-order valence-electron chi connectivity index (χ1n) is 9.19. The van der Waals surface area contributed by atoms with Crippen molar-refractivity contribution in [3.05, 3.63) is 45.6 Å². The van der Waals surface area contributed by atoms with Gasteiger partial charge in [0, 0.05) is 6.04 Å². The van der Waals surface area contributed by atoms with Crippen molar-refractivity contribution < 1.29 is 27.6 Å². The molecule has 1 aliphatic heterocycles. The van der Waals surface area contributed by atoms with Crippen molar-refractivity contribution >= 4 is 33.3 Å². The van der Waals surface area contributed by atoms with Crippen molar-refractivity contribution in [3.63, 3.8) is 0 Å². The van der Waals surface area contributed by atoms with Gasteiger partial charge in [-0.3, -0.25) is 15.0 Å². The summed E-state index contributed by atoms with van der Waals surface area (Å²) in [6.45, 7) is 3.64. The summed E-state index contributed by atoms with van der Waals surface area (Å²) in [5.74, 6) is 0. The number of hydrogen-bond donors (Lipinski definition) is 1. The Morgan fingerprint density at radius 2 is 2.17 bits per heavy atom. The molecule has 0 saturated heterocycles. The van der Waals surface area contributed by atoms with Gasteiger partial charge in [-0.1, -0.05) is 6.92 Å². The molecule has 30 heavy (non-hydrogen) atoms. The van der Waals surface area contributed by atoms with Crippen LogP contribution in [0.15, 0.2) is 24.4 Å². The third kappa shape index (κ3) is 4.32. The Morgan fingerprint density at radius 1 is 1.43 bits per heavy atom. The zero-order chi connectivity index (χ0) is 22.1. The monoisotopic (exact) mass is 444 g/mol. The fourth-order valence-corrected chi connectivity index (χ4v) is 4.11. The van der Waals surface area contributed by atoms with Gasteiger partial charge in [0.25, 0.3) is 0 Å². The molecule has 0 fully saturated rings. The molecule has 0 radical (unpaired) electrons. The lowest BCUT2D eigenvalue weighted by atomic mass is 9.89. The molecule has 0 spiro atoms. The number of benzene rings is 1. The topological polar surface area (TPSA) is 97.6 Å². The third-order valence-corrected chi connectivity index (χ3v) is 5.65. The highest BCUT2D eigenvalue weighted by molar-refractivity contribution is 7.18. The van der Waals surface area contributed by atoms with Crippen LogP contribution < -0.4 is 10.2 Å². The van der Waals surface area contributed by atoms with Crippen LogP contribution in [0.25, 0.3) is 0 Å². The van der Waals surface area contributed by atoms with Crippen LogP contribution in [0.3, 0.4) is 0 Å². The summed E-state index contributed by atoms with van der Waals surface area (Å²) in [6, 6.07) is 2.22. The van der Waals surface area contributed by atoms with Crippen molar-refractivity contribution in [1.29, 1.82) is 0 Å². The van der Waals surface area contributed by atoms with E-state index in [0.717, 1.165) is 29.7 Å². The van der Waals surface area contributed by atoms with Crippen molar-refractivity contribution in [3.8, 4) is 0 Å². The number of ether oxygens (including phenoxy) is 1. The Balaban J connectivity index is 2.05. The molecule has 1 amide bonds. The molecule has 1 aliphatic rings. The van der Waals surface area contributed by atoms with E-state index in [9.17, 15) is 28.1 Å². The number of hydrogen-bond acceptors (Lipinski definition) is 7. The number of nitrogens with zero attached hydrogens (tertiary/aromatic N) is 3. The number of nitro groups is 1. The van der Waals surface area contributed by atoms with Crippen LogP contribution in [0, 0.1) is 10.1 Å². The van der Waals surface area contributed by atoms with E-state index in [-0.39, 0.29) is 34.8 Å². The van der Waals surface area contributed by atoms with Gasteiger partial charge in [-0.15, -0.1) is 0 Å². The van der Waals surface area contributed by atoms with Crippen molar-refractivity contribution in [2.75, 3.05) is 16.8 Å². The predicted octanol–water partition coefficient (Wildman–Crippen LogP) is 5.37. The number of fused-ring (bicyclic) bond motifs is 1. The van der Waals surface area contributed by atoms with Gasteiger partial charge in [0.05, 0.1) is 28.8 Å². The third-order valence-electron chi connectivity index (χ3n) is 4.77. The lowest BCUT2D eigenvalue weighted by Crippen LogP contribution is -2.46. The van der Waals surface area contributed by atoms with Crippen LogP contribution in [0.2, 0.25) is 0 Å². The van der Waals surface area contributed by atoms with E-state index in [1.165, 1.54) is 11.0 Å². The molecule has 0 aliphatic carbocycles. The van der Waals surface area contributed by atoms with Gasteiger partial charge in [0.2, 0.25) is 0 Å². The first-order chi connectivity index (χ1) is 14.2. The predicted molar refractivity (Wildman–Crippen MR) is 105 cm³/mol. The maximum Gasteiger partial charge on any atom is 0.416 e. The summed E-state index contributed by atoms with van der Waals surface area (Å²) in [6.07, 6.45) is -3.28. The molecule has 0 unspecified atom stereocenters. The number of amides is 1. The molecule has 2 atom stereocenters. The normalized spacial score (nSPS) is 18.6. The van der Waals surface area contributed by atoms with Gasteiger partial charge >= 0.3 is 17.3 Å². The second-order valence-corrected chi connectivity index (χ2v) is 7.60. The summed E-state index contributed by atoms with van der Waals surface area (Å²) < 4.78 is 45.0. The summed E-state index contributed by atoms with van der Waals surface area (Å²) >= 11 is 0.794. The summed E-state index contributed by atoms with van der Waals surface area (Å²) in [5, 5.41) is 13.9. The average Bonchev–Trinajstić information content (AvgIpc) is 3.15. The molecule has 1 aromatic heterocycles. The van der Waals surface area contributed by atoms with E-state index in [4.69, 9.17) is 4.74 Å². The number of anilines is 2. The zero-order valence-corrected chi connectivity index (χ0v) is 16.9. The fraction of sp³-hybridized carbons (Fsp3) is 0.444. The Morgan fingerprint density at radius 3 is 2.73 bits per heavy atom. The lowest BCUT2D eigenvalue weighted by Gasteiger charge is -2.40. The van der Waals surface area contributed by atoms with E-state index >= 15 is 0 Å². The van der Waals surface area contributed by atoms with Crippen LogP contribution in [0.4, 0.5) is 33.8 Å². The fourth-order valence-electron chi connectivity index (χ4n) is 3.42. The van der Waals surface area contributed by atoms with Gasteiger partial charge in [-0.25, -0.2) is 9.78 Å². The minimum atomic E-state index is -4.56. The Kier molecular flexibility index (Phi) is 6.15. The maximum absolute atomic E-state index is 13.3. The second kappa shape index (κ2) is 8.46. The molecular weight excluding hydrogens is 425 g/mol. The Labute approximate surface area is 173 Å². The van der Waals surface area contributed by atoms with E-state index in [2.05, 4.69) is 10.3 Å². The van der Waals surface area contributed by atoms with Gasteiger partial charge in [0.1, 0.15) is 6.20 Å². The Bertz CT molecular complexity index is 950. The number of aromatic nitrogens is 1. The number of carbonyl (C=O) groups is 1. The standard InChI is InChI=1S/C18H19F3N4O4S/c1-3-11-8-13(23-16-22-9-15(30-16)25(27)28)12-7-10(18(19,20)21)5-6-14(12)24(11)17(26)29-4-2/h5-7,9,11,13H,3-4,8H2,1-2H3,(H,22,23)/t11-,13+/m1/s1. The van der Waals surface area contributed by atoms with E-state index in [1.54, 1.807) is 6.92 Å². The van der Waals surface area contributed by atoms with Gasteiger partial charge in [-0.2, -0.15) is 13.2 Å². The molecule has 8 nitrogen and oxygen atoms in total. The van der Waals surface area contributed by atoms with Crippen LogP contribution in [-0.2, 0) is 10.9 Å². The van der Waals surface area contributed by atoms with Crippen molar-refractivity contribution in [1.82, 2.24) is 4.98 Å². The second-order valence-electron chi connectivity index (χ2n) is 6.60. The number of carbonyl (C=O) groups excluding carboxylic acids is 1. The van der Waals surface area contributed by atoms with Crippen molar-refractivity contribution in [2.45, 2.75) is 44.9 Å². The molecule has 0 saturated carbocycles. The highest BCUT2D eigenvalue weighted by Crippen LogP contribution is 2.43. The molecule has 2 aromatic rings. The largest absolute Gasteiger partial charge is 0.449 e. The molecule has 2 heterocycles. The zero-order valence-electron chi connectivity index (χ0n) is 16.1. The number of nitrogens with one attached hydrogen (secondary N) is 1. The first kappa shape index (κ1) is 21.8. The smallest absolute Gasteiger partial charge is 0.416 e. The van der Waals surface area contributed by atoms with Crippen LogP contribution in [-0.4, -0.2) is 28.6 Å². The molecular formula is C18H19F3N4O4S. The van der Waals surface area contributed by atoms with Gasteiger partial charge in [-0.05, 0) is 54.9 Å². The molecule has 3 rings (SSSR count). The SMILES string of the molecule is CCOC(=O)N1c2ccc(C(F)(F)F)cc2[C@@H](Nc2ncc([N+](=O)[O-])s2)C[C@H]1CC. The highest BCUT2D eigenvalue weighted by Gasteiger charge is 2.39. The first-order valence-corrected chi connectivity index (χ1v) is 10.0. The number of alkyl halides is 3. The molecule has 162 valence electrons. The van der Waals surface area contributed by atoms with Crippen LogP contribution in [0.5, 0.6) is 0 Å². The minimum absolute atomic E-state index is 0.131. The maximum atomic E-state index is 13.3. The summed E-state index contributed by atoms with van der Waals surface area (Å²) in [5.41, 5.74) is -0.291. The average molecular weight is 444 g/mol. The summed E-state index contributed by atoms with van der Waals surface area (Å²) in [4.78, 5) is 28.2. The minimum Gasteiger partial charge on any atom is -0.449 e. The molecule has 0 bridgehead atoms. The van der Waals surface area contributed by atoms with Gasteiger partial charge in [0.15, 0.2) is 5.13 Å². The van der Waals surface area contributed by atoms with E-state index < -0.39 is 28.8 Å².